The summed E-state index contributed by atoms with van der Waals surface area (Å²) < 4.78 is 5.77. The second kappa shape index (κ2) is 4.37. The highest BCUT2D eigenvalue weighted by Gasteiger charge is 2.35. The Morgan fingerprint density at radius 3 is 2.88 bits per heavy atom. The van der Waals surface area contributed by atoms with Gasteiger partial charge in [-0.1, -0.05) is 6.92 Å². The average molecular weight is 221 g/mol. The van der Waals surface area contributed by atoms with Crippen LogP contribution in [-0.4, -0.2) is 23.6 Å². The second-order valence-electron chi connectivity index (χ2n) is 4.35. The molecule has 0 spiro atoms. The van der Waals surface area contributed by atoms with Gasteiger partial charge in [-0.25, -0.2) is 9.97 Å². The van der Waals surface area contributed by atoms with Crippen LogP contribution in [0, 0.1) is 0 Å². The molecule has 0 saturated carbocycles. The zero-order valence-electron chi connectivity index (χ0n) is 10.2. The van der Waals surface area contributed by atoms with Crippen LogP contribution >= 0.6 is 0 Å². The number of rotatable bonds is 3. The molecule has 0 aromatic carbocycles. The Kier molecular flexibility index (Phi) is 3.10. The molecule has 1 aliphatic rings. The smallest absolute Gasteiger partial charge is 0.162 e. The SMILES string of the molecule is CCc1cc(NC)nc(C2(C)CCCO2)n1. The van der Waals surface area contributed by atoms with E-state index in [1.165, 1.54) is 0 Å². The number of ether oxygens (including phenoxy) is 1. The summed E-state index contributed by atoms with van der Waals surface area (Å²) in [6.45, 7) is 4.99. The lowest BCUT2D eigenvalue weighted by molar-refractivity contribution is 0.00928. The van der Waals surface area contributed by atoms with Gasteiger partial charge in [-0.05, 0) is 26.2 Å². The first-order chi connectivity index (χ1) is 7.68. The van der Waals surface area contributed by atoms with E-state index >= 15 is 0 Å². The maximum Gasteiger partial charge on any atom is 0.162 e. The Hall–Kier alpha value is -1.16. The Morgan fingerprint density at radius 1 is 1.50 bits per heavy atom. The van der Waals surface area contributed by atoms with Gasteiger partial charge in [0.15, 0.2) is 5.82 Å². The van der Waals surface area contributed by atoms with Crippen molar-refractivity contribution in [2.24, 2.45) is 0 Å². The fraction of sp³-hybridized carbons (Fsp3) is 0.667. The Bertz CT molecular complexity index is 350. The lowest BCUT2D eigenvalue weighted by Gasteiger charge is -2.22. The molecule has 0 aliphatic carbocycles. The molecule has 1 aromatic heterocycles. The number of anilines is 1. The van der Waals surface area contributed by atoms with Crippen LogP contribution in [0.5, 0.6) is 0 Å². The molecule has 2 heterocycles. The molecule has 88 valence electrons. The monoisotopic (exact) mass is 221 g/mol. The van der Waals surface area contributed by atoms with Crippen LogP contribution in [0.2, 0.25) is 0 Å². The first-order valence-corrected chi connectivity index (χ1v) is 5.88. The van der Waals surface area contributed by atoms with Crippen molar-refractivity contribution in [1.82, 2.24) is 9.97 Å². The quantitative estimate of drug-likeness (QED) is 0.849. The van der Waals surface area contributed by atoms with Gasteiger partial charge >= 0.3 is 0 Å². The Balaban J connectivity index is 2.39. The zero-order chi connectivity index (χ0) is 11.6. The topological polar surface area (TPSA) is 47.0 Å². The van der Waals surface area contributed by atoms with Crippen LogP contribution in [-0.2, 0) is 16.8 Å². The Morgan fingerprint density at radius 2 is 2.31 bits per heavy atom. The van der Waals surface area contributed by atoms with Gasteiger partial charge in [-0.15, -0.1) is 0 Å². The largest absolute Gasteiger partial charge is 0.373 e. The van der Waals surface area contributed by atoms with E-state index in [1.54, 1.807) is 0 Å². The van der Waals surface area contributed by atoms with Crippen LogP contribution < -0.4 is 5.32 Å². The molecule has 1 saturated heterocycles. The highest BCUT2D eigenvalue weighted by molar-refractivity contribution is 5.36. The third-order valence-corrected chi connectivity index (χ3v) is 3.09. The van der Waals surface area contributed by atoms with Gasteiger partial charge in [-0.3, -0.25) is 0 Å². The molecule has 0 amide bonds. The number of hydrogen-bond donors (Lipinski definition) is 1. The van der Waals surface area contributed by atoms with Gasteiger partial charge in [0.05, 0.1) is 0 Å². The van der Waals surface area contributed by atoms with Crippen molar-refractivity contribution in [3.8, 4) is 0 Å². The fourth-order valence-electron chi connectivity index (χ4n) is 2.00. The summed E-state index contributed by atoms with van der Waals surface area (Å²) in [4.78, 5) is 9.08. The maximum absolute atomic E-state index is 5.77. The number of nitrogens with one attached hydrogen (secondary N) is 1. The van der Waals surface area contributed by atoms with E-state index in [-0.39, 0.29) is 5.60 Å². The van der Waals surface area contributed by atoms with Crippen LogP contribution in [0.15, 0.2) is 6.07 Å². The van der Waals surface area contributed by atoms with Gasteiger partial charge in [0.1, 0.15) is 11.4 Å². The van der Waals surface area contributed by atoms with E-state index in [2.05, 4.69) is 29.1 Å². The molecular weight excluding hydrogens is 202 g/mol. The summed E-state index contributed by atoms with van der Waals surface area (Å²) in [6.07, 6.45) is 3.01. The molecule has 1 fully saturated rings. The molecule has 4 nitrogen and oxygen atoms in total. The van der Waals surface area contributed by atoms with Crippen molar-refractivity contribution in [2.75, 3.05) is 19.0 Å². The van der Waals surface area contributed by atoms with Gasteiger partial charge in [-0.2, -0.15) is 0 Å². The summed E-state index contributed by atoms with van der Waals surface area (Å²) in [5.41, 5.74) is 0.766. The lowest BCUT2D eigenvalue weighted by Crippen LogP contribution is -2.24. The summed E-state index contributed by atoms with van der Waals surface area (Å²) >= 11 is 0. The van der Waals surface area contributed by atoms with Crippen molar-refractivity contribution >= 4 is 5.82 Å². The molecule has 1 aromatic rings. The summed E-state index contributed by atoms with van der Waals surface area (Å²) in [6, 6.07) is 1.99. The average Bonchev–Trinajstić information content (AvgIpc) is 2.77. The van der Waals surface area contributed by atoms with E-state index in [0.29, 0.717) is 0 Å². The molecule has 1 unspecified atom stereocenters. The van der Waals surface area contributed by atoms with E-state index < -0.39 is 0 Å². The van der Waals surface area contributed by atoms with Crippen LogP contribution in [0.1, 0.15) is 38.2 Å². The Labute approximate surface area is 96.4 Å². The number of aromatic nitrogens is 2. The zero-order valence-corrected chi connectivity index (χ0v) is 10.2. The van der Waals surface area contributed by atoms with Crippen molar-refractivity contribution in [1.29, 1.82) is 0 Å². The normalized spacial score (nSPS) is 24.7. The minimum atomic E-state index is -0.295. The maximum atomic E-state index is 5.77. The van der Waals surface area contributed by atoms with Gasteiger partial charge in [0.25, 0.3) is 0 Å². The molecular formula is C12H19N3O. The summed E-state index contributed by atoms with van der Waals surface area (Å²) in [7, 11) is 1.88. The molecule has 2 rings (SSSR count). The highest BCUT2D eigenvalue weighted by atomic mass is 16.5. The second-order valence-corrected chi connectivity index (χ2v) is 4.35. The van der Waals surface area contributed by atoms with Crippen LogP contribution in [0.25, 0.3) is 0 Å². The first-order valence-electron chi connectivity index (χ1n) is 5.88. The molecule has 1 aliphatic heterocycles. The van der Waals surface area contributed by atoms with E-state index in [4.69, 9.17) is 4.74 Å². The minimum absolute atomic E-state index is 0.295. The predicted octanol–water partition coefficient (Wildman–Crippen LogP) is 2.11. The summed E-state index contributed by atoms with van der Waals surface area (Å²) in [5.74, 6) is 1.69. The number of aryl methyl sites for hydroxylation is 1. The van der Waals surface area contributed by atoms with Crippen molar-refractivity contribution in [2.45, 2.75) is 38.7 Å². The minimum Gasteiger partial charge on any atom is -0.373 e. The van der Waals surface area contributed by atoms with Crippen molar-refractivity contribution in [3.05, 3.63) is 17.6 Å². The first kappa shape index (κ1) is 11.3. The molecule has 1 atom stereocenters. The fourth-order valence-corrected chi connectivity index (χ4v) is 2.00. The van der Waals surface area contributed by atoms with Gasteiger partial charge in [0, 0.05) is 25.4 Å². The van der Waals surface area contributed by atoms with Crippen molar-refractivity contribution in [3.63, 3.8) is 0 Å². The molecule has 0 radical (unpaired) electrons. The molecule has 0 bridgehead atoms. The molecule has 1 N–H and O–H groups in total. The van der Waals surface area contributed by atoms with E-state index in [9.17, 15) is 0 Å². The number of nitrogens with zero attached hydrogens (tertiary/aromatic N) is 2. The predicted molar refractivity (Wildman–Crippen MR) is 63.5 cm³/mol. The van der Waals surface area contributed by atoms with Crippen LogP contribution in [0.3, 0.4) is 0 Å². The van der Waals surface area contributed by atoms with Gasteiger partial charge < -0.3 is 10.1 Å². The van der Waals surface area contributed by atoms with Gasteiger partial charge in [0.2, 0.25) is 0 Å². The third-order valence-electron chi connectivity index (χ3n) is 3.09. The van der Waals surface area contributed by atoms with Crippen LogP contribution in [0.4, 0.5) is 5.82 Å². The summed E-state index contributed by atoms with van der Waals surface area (Å²) in [5, 5.41) is 3.08. The third kappa shape index (κ3) is 2.02. The van der Waals surface area contributed by atoms with E-state index in [0.717, 1.165) is 43.2 Å². The highest BCUT2D eigenvalue weighted by Crippen LogP contribution is 2.33. The molecule has 16 heavy (non-hydrogen) atoms. The molecule has 4 heteroatoms. The number of hydrogen-bond acceptors (Lipinski definition) is 4. The van der Waals surface area contributed by atoms with E-state index in [1.807, 2.05) is 13.1 Å². The standard InChI is InChI=1S/C12H19N3O/c1-4-9-8-10(13-3)15-11(14-9)12(2)6-5-7-16-12/h8H,4-7H2,1-3H3,(H,13,14,15). The van der Waals surface area contributed by atoms with Crippen molar-refractivity contribution < 1.29 is 4.74 Å². The lowest BCUT2D eigenvalue weighted by atomic mass is 10.0.